The summed E-state index contributed by atoms with van der Waals surface area (Å²) in [6, 6.07) is 11.8. The standard InChI is InChI=1S/C20H20N2O2/c1-12-9-17(12)19-7-4-16(24-19)5-8-20(23)22-15-3-6-18-14(11-15)10-13(2)21-18/h3-8,10-12,17,21H,9H2,1-2H3,(H,22,23)/b8-5+/t12-,17+/m0/s1. The maximum Gasteiger partial charge on any atom is 0.248 e. The summed E-state index contributed by atoms with van der Waals surface area (Å²) >= 11 is 0. The fourth-order valence-electron chi connectivity index (χ4n) is 3.07. The topological polar surface area (TPSA) is 58.0 Å². The van der Waals surface area contributed by atoms with E-state index in [1.54, 1.807) is 6.08 Å². The lowest BCUT2D eigenvalue weighted by Crippen LogP contribution is -2.07. The number of aryl methyl sites for hydroxylation is 1. The minimum Gasteiger partial charge on any atom is -0.461 e. The molecule has 1 aliphatic rings. The van der Waals surface area contributed by atoms with Crippen LogP contribution in [0.5, 0.6) is 0 Å². The van der Waals surface area contributed by atoms with Crippen molar-refractivity contribution in [1.29, 1.82) is 0 Å². The van der Waals surface area contributed by atoms with Gasteiger partial charge in [0, 0.05) is 34.3 Å². The lowest BCUT2D eigenvalue weighted by atomic mass is 10.2. The van der Waals surface area contributed by atoms with Crippen molar-refractivity contribution in [3.63, 3.8) is 0 Å². The van der Waals surface area contributed by atoms with Crippen LogP contribution in [0.4, 0.5) is 5.69 Å². The van der Waals surface area contributed by atoms with Gasteiger partial charge in [-0.3, -0.25) is 4.79 Å². The predicted octanol–water partition coefficient (Wildman–Crippen LogP) is 4.84. The molecule has 2 N–H and O–H groups in total. The summed E-state index contributed by atoms with van der Waals surface area (Å²) in [6.07, 6.45) is 4.41. The Labute approximate surface area is 140 Å². The molecule has 4 nitrogen and oxygen atoms in total. The highest BCUT2D eigenvalue weighted by molar-refractivity contribution is 6.02. The second-order valence-corrected chi connectivity index (χ2v) is 6.64. The van der Waals surface area contributed by atoms with Gasteiger partial charge in [0.2, 0.25) is 5.91 Å². The van der Waals surface area contributed by atoms with E-state index in [-0.39, 0.29) is 5.91 Å². The molecule has 2 atom stereocenters. The van der Waals surface area contributed by atoms with Crippen molar-refractivity contribution in [1.82, 2.24) is 4.98 Å². The number of anilines is 1. The van der Waals surface area contributed by atoms with Crippen LogP contribution in [0.25, 0.3) is 17.0 Å². The summed E-state index contributed by atoms with van der Waals surface area (Å²) in [5.74, 6) is 2.84. The van der Waals surface area contributed by atoms with Crippen LogP contribution in [0.2, 0.25) is 0 Å². The number of hydrogen-bond acceptors (Lipinski definition) is 2. The number of aromatic amines is 1. The van der Waals surface area contributed by atoms with Crippen LogP contribution in [0.3, 0.4) is 0 Å². The first-order valence-corrected chi connectivity index (χ1v) is 8.26. The van der Waals surface area contributed by atoms with Crippen molar-refractivity contribution in [2.75, 3.05) is 5.32 Å². The zero-order chi connectivity index (χ0) is 16.7. The monoisotopic (exact) mass is 320 g/mol. The quantitative estimate of drug-likeness (QED) is 0.675. The summed E-state index contributed by atoms with van der Waals surface area (Å²) in [6.45, 7) is 4.24. The first-order chi connectivity index (χ1) is 11.6. The molecule has 2 heterocycles. The van der Waals surface area contributed by atoms with Crippen molar-refractivity contribution >= 4 is 28.6 Å². The molecule has 0 aliphatic heterocycles. The van der Waals surface area contributed by atoms with Crippen molar-refractivity contribution in [2.45, 2.75) is 26.2 Å². The van der Waals surface area contributed by atoms with E-state index in [0.29, 0.717) is 11.8 Å². The number of benzene rings is 1. The SMILES string of the molecule is Cc1cc2cc(NC(=O)/C=C/c3ccc([C@@H]4C[C@@H]4C)o3)ccc2[nH]1. The predicted molar refractivity (Wildman–Crippen MR) is 95.9 cm³/mol. The molecule has 4 rings (SSSR count). The fraction of sp³-hybridized carbons (Fsp3) is 0.250. The molecule has 0 bridgehead atoms. The van der Waals surface area contributed by atoms with E-state index in [4.69, 9.17) is 4.42 Å². The Morgan fingerprint density at radius 1 is 1.29 bits per heavy atom. The number of carbonyl (C=O) groups is 1. The van der Waals surface area contributed by atoms with Gasteiger partial charge in [0.1, 0.15) is 11.5 Å². The summed E-state index contributed by atoms with van der Waals surface area (Å²) in [5.41, 5.74) is 2.95. The smallest absolute Gasteiger partial charge is 0.248 e. The largest absolute Gasteiger partial charge is 0.461 e. The van der Waals surface area contributed by atoms with Gasteiger partial charge in [0.25, 0.3) is 0 Å². The second kappa shape index (κ2) is 5.71. The van der Waals surface area contributed by atoms with Gasteiger partial charge in [-0.15, -0.1) is 0 Å². The Balaban J connectivity index is 1.42. The third kappa shape index (κ3) is 3.00. The first-order valence-electron chi connectivity index (χ1n) is 8.26. The van der Waals surface area contributed by atoms with E-state index in [9.17, 15) is 4.79 Å². The van der Waals surface area contributed by atoms with Crippen LogP contribution < -0.4 is 5.32 Å². The Kier molecular flexibility index (Phi) is 3.53. The Morgan fingerprint density at radius 2 is 2.12 bits per heavy atom. The molecule has 0 saturated heterocycles. The highest BCUT2D eigenvalue weighted by atomic mass is 16.3. The number of H-pyrrole nitrogens is 1. The van der Waals surface area contributed by atoms with Crippen LogP contribution in [0, 0.1) is 12.8 Å². The number of amides is 1. The summed E-state index contributed by atoms with van der Waals surface area (Å²) in [5, 5.41) is 3.97. The normalized spacial score (nSPS) is 19.9. The average Bonchev–Trinajstić information content (AvgIpc) is 2.97. The second-order valence-electron chi connectivity index (χ2n) is 6.64. The lowest BCUT2D eigenvalue weighted by Gasteiger charge is -2.01. The first kappa shape index (κ1) is 14.8. The molecule has 24 heavy (non-hydrogen) atoms. The molecule has 1 saturated carbocycles. The minimum atomic E-state index is -0.167. The summed E-state index contributed by atoms with van der Waals surface area (Å²) in [7, 11) is 0. The lowest BCUT2D eigenvalue weighted by molar-refractivity contribution is -0.111. The highest BCUT2D eigenvalue weighted by Crippen LogP contribution is 2.47. The van der Waals surface area contributed by atoms with Crippen LogP contribution in [-0.4, -0.2) is 10.9 Å². The van der Waals surface area contributed by atoms with Crippen LogP contribution in [0.15, 0.2) is 46.9 Å². The Morgan fingerprint density at radius 3 is 2.92 bits per heavy atom. The molecule has 1 amide bonds. The van der Waals surface area contributed by atoms with Crippen molar-refractivity contribution in [3.05, 3.63) is 59.7 Å². The van der Waals surface area contributed by atoms with E-state index in [1.165, 1.54) is 12.5 Å². The number of nitrogens with one attached hydrogen (secondary N) is 2. The fourth-order valence-corrected chi connectivity index (χ4v) is 3.07. The molecule has 3 aromatic rings. The van der Waals surface area contributed by atoms with Gasteiger partial charge in [0.05, 0.1) is 0 Å². The molecule has 4 heteroatoms. The zero-order valence-corrected chi connectivity index (χ0v) is 13.8. The maximum atomic E-state index is 12.1. The van der Waals surface area contributed by atoms with Gasteiger partial charge >= 0.3 is 0 Å². The number of aromatic nitrogens is 1. The third-order valence-electron chi connectivity index (χ3n) is 4.54. The number of rotatable bonds is 4. The van der Waals surface area contributed by atoms with Gasteiger partial charge in [-0.05, 0) is 61.7 Å². The molecule has 0 radical (unpaired) electrons. The zero-order valence-electron chi connectivity index (χ0n) is 13.8. The van der Waals surface area contributed by atoms with E-state index in [1.807, 2.05) is 37.3 Å². The van der Waals surface area contributed by atoms with Crippen molar-refractivity contribution in [3.8, 4) is 0 Å². The third-order valence-corrected chi connectivity index (χ3v) is 4.54. The molecular formula is C20H20N2O2. The van der Waals surface area contributed by atoms with Gasteiger partial charge < -0.3 is 14.7 Å². The van der Waals surface area contributed by atoms with Gasteiger partial charge in [-0.25, -0.2) is 0 Å². The number of carbonyl (C=O) groups excluding carboxylic acids is 1. The number of fused-ring (bicyclic) bond motifs is 1. The molecule has 0 unspecified atom stereocenters. The van der Waals surface area contributed by atoms with Gasteiger partial charge in [-0.1, -0.05) is 6.92 Å². The van der Waals surface area contributed by atoms with Crippen molar-refractivity contribution < 1.29 is 9.21 Å². The number of furan rings is 1. The molecule has 0 spiro atoms. The number of hydrogen-bond donors (Lipinski definition) is 2. The minimum absolute atomic E-state index is 0.167. The molecule has 2 aromatic heterocycles. The molecule has 122 valence electrons. The van der Waals surface area contributed by atoms with E-state index < -0.39 is 0 Å². The summed E-state index contributed by atoms with van der Waals surface area (Å²) in [4.78, 5) is 15.4. The summed E-state index contributed by atoms with van der Waals surface area (Å²) < 4.78 is 5.77. The molecule has 1 aromatic carbocycles. The van der Waals surface area contributed by atoms with E-state index in [2.05, 4.69) is 23.3 Å². The molecule has 1 fully saturated rings. The highest BCUT2D eigenvalue weighted by Gasteiger charge is 2.36. The average molecular weight is 320 g/mol. The van der Waals surface area contributed by atoms with Crippen LogP contribution in [-0.2, 0) is 4.79 Å². The van der Waals surface area contributed by atoms with Crippen molar-refractivity contribution in [2.24, 2.45) is 5.92 Å². The van der Waals surface area contributed by atoms with Gasteiger partial charge in [-0.2, -0.15) is 0 Å². The molecule has 1 aliphatic carbocycles. The Bertz CT molecular complexity index is 932. The van der Waals surface area contributed by atoms with E-state index in [0.717, 1.165) is 33.8 Å². The molecular weight excluding hydrogens is 300 g/mol. The van der Waals surface area contributed by atoms with E-state index >= 15 is 0 Å². The Hall–Kier alpha value is -2.75. The van der Waals surface area contributed by atoms with Gasteiger partial charge in [0.15, 0.2) is 0 Å². The maximum absolute atomic E-state index is 12.1. The van der Waals surface area contributed by atoms with Crippen LogP contribution in [0.1, 0.15) is 36.5 Å². The van der Waals surface area contributed by atoms with Crippen LogP contribution >= 0.6 is 0 Å².